The van der Waals surface area contributed by atoms with Crippen molar-refractivity contribution in [2.45, 2.75) is 24.7 Å². The molecule has 0 amide bonds. The van der Waals surface area contributed by atoms with Gasteiger partial charge in [-0.3, -0.25) is 0 Å². The Balaban J connectivity index is 1.25. The van der Waals surface area contributed by atoms with E-state index in [1.165, 1.54) is 89.3 Å². The molecule has 53 heavy (non-hydrogen) atoms. The molecule has 0 aliphatic heterocycles. The maximum absolute atomic E-state index is 2.56. The van der Waals surface area contributed by atoms with E-state index in [1.807, 2.05) is 0 Å². The zero-order valence-electron chi connectivity index (χ0n) is 29.8. The van der Waals surface area contributed by atoms with E-state index < -0.39 is 5.41 Å². The fraction of sp³-hybridized carbons (Fsp3) is 0.0769. The Morgan fingerprint density at radius 2 is 0.774 bits per heavy atom. The minimum Gasteiger partial charge on any atom is -0.309 e. The number of benzene rings is 8. The molecule has 0 N–H and O–H groups in total. The number of hydrogen-bond acceptors (Lipinski definition) is 1. The highest BCUT2D eigenvalue weighted by Crippen LogP contribution is 2.65. The van der Waals surface area contributed by atoms with Crippen LogP contribution in [0.25, 0.3) is 44.5 Å². The third-order valence-corrected chi connectivity index (χ3v) is 12.3. The Morgan fingerprint density at radius 1 is 0.340 bits per heavy atom. The second kappa shape index (κ2) is 11.0. The molecule has 0 heterocycles. The second-order valence-corrected chi connectivity index (χ2v) is 15.2. The fourth-order valence-corrected chi connectivity index (χ4v) is 10.1. The first-order valence-corrected chi connectivity index (χ1v) is 18.7. The van der Waals surface area contributed by atoms with Crippen molar-refractivity contribution >= 4 is 17.1 Å². The van der Waals surface area contributed by atoms with E-state index in [1.54, 1.807) is 0 Å². The van der Waals surface area contributed by atoms with E-state index in [4.69, 9.17) is 0 Å². The van der Waals surface area contributed by atoms with E-state index in [0.29, 0.717) is 0 Å². The SMILES string of the molecule is CC1(C)c2ccccc2-c2c(N(c3cccc(-c4ccccc4)c3)c3cccc4c3-c3ccccc3C43c4ccccc4-c4ccccc43)cccc21. The lowest BCUT2D eigenvalue weighted by Gasteiger charge is -2.33. The number of nitrogens with zero attached hydrogens (tertiary/aromatic N) is 1. The van der Waals surface area contributed by atoms with Gasteiger partial charge >= 0.3 is 0 Å². The van der Waals surface area contributed by atoms with E-state index >= 15 is 0 Å². The minimum atomic E-state index is -0.417. The minimum absolute atomic E-state index is 0.119. The van der Waals surface area contributed by atoms with Crippen LogP contribution in [0.3, 0.4) is 0 Å². The molecule has 1 heteroatoms. The van der Waals surface area contributed by atoms with Gasteiger partial charge in [-0.05, 0) is 91.0 Å². The average Bonchev–Trinajstić information content (AvgIpc) is 3.78. The maximum Gasteiger partial charge on any atom is 0.0726 e. The van der Waals surface area contributed by atoms with Crippen LogP contribution >= 0.6 is 0 Å². The monoisotopic (exact) mass is 675 g/mol. The highest BCUT2D eigenvalue weighted by atomic mass is 15.1. The number of fused-ring (bicyclic) bond motifs is 13. The van der Waals surface area contributed by atoms with Gasteiger partial charge in [0.2, 0.25) is 0 Å². The Hall–Kier alpha value is -6.44. The van der Waals surface area contributed by atoms with Gasteiger partial charge < -0.3 is 4.90 Å². The quantitative estimate of drug-likeness (QED) is 0.179. The number of hydrogen-bond donors (Lipinski definition) is 0. The van der Waals surface area contributed by atoms with Crippen LogP contribution in [-0.4, -0.2) is 0 Å². The summed E-state index contributed by atoms with van der Waals surface area (Å²) >= 11 is 0. The van der Waals surface area contributed by atoms with Gasteiger partial charge in [0.15, 0.2) is 0 Å². The summed E-state index contributed by atoms with van der Waals surface area (Å²) in [6, 6.07) is 70.1. The Labute approximate surface area is 311 Å². The van der Waals surface area contributed by atoms with Crippen molar-refractivity contribution in [2.24, 2.45) is 0 Å². The van der Waals surface area contributed by atoms with Crippen molar-refractivity contribution in [2.75, 3.05) is 4.90 Å². The summed E-state index contributed by atoms with van der Waals surface area (Å²) in [6.45, 7) is 4.74. The molecule has 3 aliphatic carbocycles. The lowest BCUT2D eigenvalue weighted by molar-refractivity contribution is 0.660. The molecule has 1 nitrogen and oxygen atoms in total. The summed E-state index contributed by atoms with van der Waals surface area (Å²) in [7, 11) is 0. The molecule has 1 spiro atoms. The van der Waals surface area contributed by atoms with Gasteiger partial charge in [-0.1, -0.05) is 178 Å². The van der Waals surface area contributed by atoms with Gasteiger partial charge in [0.25, 0.3) is 0 Å². The van der Waals surface area contributed by atoms with Crippen LogP contribution in [0.5, 0.6) is 0 Å². The van der Waals surface area contributed by atoms with Crippen molar-refractivity contribution in [1.82, 2.24) is 0 Å². The molecule has 0 saturated carbocycles. The van der Waals surface area contributed by atoms with E-state index in [0.717, 1.165) is 5.69 Å². The highest BCUT2D eigenvalue weighted by molar-refractivity contribution is 6.03. The van der Waals surface area contributed by atoms with Crippen molar-refractivity contribution in [1.29, 1.82) is 0 Å². The summed E-state index contributed by atoms with van der Waals surface area (Å²) in [5, 5.41) is 0. The van der Waals surface area contributed by atoms with Gasteiger partial charge in [0, 0.05) is 22.2 Å². The average molecular weight is 676 g/mol. The standard InChI is InChI=1S/C52H37N/c1-51(2)41-25-10-8-23-39(41)49-45(51)29-15-31-47(49)53(36-20-14-19-35(33-36)34-17-4-3-5-18-34)48-32-16-30-46-50(48)40-24-9-13-28-44(40)52(46)42-26-11-6-21-37(42)38-22-7-12-27-43(38)52/h3-33H,1-2H3. The molecule has 0 radical (unpaired) electrons. The van der Waals surface area contributed by atoms with Crippen molar-refractivity contribution in [3.63, 3.8) is 0 Å². The first kappa shape index (κ1) is 30.2. The second-order valence-electron chi connectivity index (χ2n) is 15.2. The normalized spacial score (nSPS) is 14.5. The van der Waals surface area contributed by atoms with Crippen LogP contribution in [0, 0.1) is 0 Å². The predicted octanol–water partition coefficient (Wildman–Crippen LogP) is 13.5. The first-order chi connectivity index (χ1) is 26.1. The molecule has 3 aliphatic rings. The van der Waals surface area contributed by atoms with Gasteiger partial charge in [0.05, 0.1) is 16.8 Å². The maximum atomic E-state index is 2.56. The number of rotatable bonds is 4. The van der Waals surface area contributed by atoms with Gasteiger partial charge in [-0.25, -0.2) is 0 Å². The predicted molar refractivity (Wildman–Crippen MR) is 220 cm³/mol. The molecule has 250 valence electrons. The molecular formula is C52H37N. The summed E-state index contributed by atoms with van der Waals surface area (Å²) in [6.07, 6.45) is 0. The molecule has 0 bridgehead atoms. The molecular weight excluding hydrogens is 639 g/mol. The molecule has 8 aromatic rings. The summed E-state index contributed by atoms with van der Waals surface area (Å²) in [5.74, 6) is 0. The van der Waals surface area contributed by atoms with Crippen molar-refractivity contribution in [3.05, 3.63) is 221 Å². The molecule has 8 aromatic carbocycles. The largest absolute Gasteiger partial charge is 0.309 e. The van der Waals surface area contributed by atoms with E-state index in [2.05, 4.69) is 207 Å². The zero-order valence-corrected chi connectivity index (χ0v) is 29.8. The lowest BCUT2D eigenvalue weighted by Crippen LogP contribution is -2.26. The van der Waals surface area contributed by atoms with Crippen LogP contribution < -0.4 is 4.90 Å². The van der Waals surface area contributed by atoms with E-state index in [9.17, 15) is 0 Å². The van der Waals surface area contributed by atoms with Crippen LogP contribution in [0.15, 0.2) is 188 Å². The molecule has 0 fully saturated rings. The number of anilines is 3. The van der Waals surface area contributed by atoms with Gasteiger partial charge in [-0.2, -0.15) is 0 Å². The third kappa shape index (κ3) is 3.97. The molecule has 0 aromatic heterocycles. The first-order valence-electron chi connectivity index (χ1n) is 18.7. The van der Waals surface area contributed by atoms with Crippen LogP contribution in [0.1, 0.15) is 47.2 Å². The van der Waals surface area contributed by atoms with E-state index in [-0.39, 0.29) is 5.41 Å². The lowest BCUT2D eigenvalue weighted by atomic mass is 9.70. The third-order valence-electron chi connectivity index (χ3n) is 12.3. The Kier molecular flexibility index (Phi) is 6.29. The smallest absolute Gasteiger partial charge is 0.0726 e. The Bertz CT molecular complexity index is 2720. The Morgan fingerprint density at radius 3 is 1.42 bits per heavy atom. The molecule has 0 atom stereocenters. The summed E-state index contributed by atoms with van der Waals surface area (Å²) in [4.78, 5) is 2.56. The molecule has 0 unspecified atom stereocenters. The highest BCUT2D eigenvalue weighted by Gasteiger charge is 2.52. The van der Waals surface area contributed by atoms with Crippen LogP contribution in [0.2, 0.25) is 0 Å². The van der Waals surface area contributed by atoms with Crippen molar-refractivity contribution < 1.29 is 0 Å². The summed E-state index contributed by atoms with van der Waals surface area (Å²) in [5.41, 5.74) is 21.4. The van der Waals surface area contributed by atoms with Crippen LogP contribution in [0.4, 0.5) is 17.1 Å². The molecule has 0 saturated heterocycles. The fourth-order valence-electron chi connectivity index (χ4n) is 10.1. The topological polar surface area (TPSA) is 3.24 Å². The van der Waals surface area contributed by atoms with Gasteiger partial charge in [0.1, 0.15) is 0 Å². The zero-order chi connectivity index (χ0) is 35.3. The van der Waals surface area contributed by atoms with Gasteiger partial charge in [-0.15, -0.1) is 0 Å². The van der Waals surface area contributed by atoms with Crippen molar-refractivity contribution in [3.8, 4) is 44.5 Å². The van der Waals surface area contributed by atoms with Crippen LogP contribution in [-0.2, 0) is 10.8 Å². The molecule has 11 rings (SSSR count). The summed E-state index contributed by atoms with van der Waals surface area (Å²) < 4.78 is 0.